The van der Waals surface area contributed by atoms with E-state index in [1.807, 2.05) is 6.07 Å². The Morgan fingerprint density at radius 3 is 2.44 bits per heavy atom. The van der Waals surface area contributed by atoms with Crippen molar-refractivity contribution in [3.63, 3.8) is 0 Å². The average Bonchev–Trinajstić information content (AvgIpc) is 2.80. The molecule has 0 aliphatic carbocycles. The highest BCUT2D eigenvalue weighted by molar-refractivity contribution is 6.35. The Kier molecular flexibility index (Phi) is 8.08. The first-order valence-corrected chi connectivity index (χ1v) is 10.1. The minimum atomic E-state index is -0.502. The number of hydrazone groups is 1. The van der Waals surface area contributed by atoms with Crippen molar-refractivity contribution < 1.29 is 23.8 Å². The van der Waals surface area contributed by atoms with Crippen molar-refractivity contribution in [2.45, 2.75) is 0 Å². The molecule has 0 fully saturated rings. The molecule has 1 amide bonds. The van der Waals surface area contributed by atoms with Crippen LogP contribution in [0.25, 0.3) is 0 Å². The maximum atomic E-state index is 12.2. The summed E-state index contributed by atoms with van der Waals surface area (Å²) in [6.45, 7) is -0.281. The monoisotopic (exact) mass is 472 g/mol. The number of ether oxygens (including phenoxy) is 3. The third kappa shape index (κ3) is 6.47. The van der Waals surface area contributed by atoms with Crippen LogP contribution in [0.4, 0.5) is 0 Å². The number of hydrogen-bond acceptors (Lipinski definition) is 6. The van der Waals surface area contributed by atoms with Gasteiger partial charge in [-0.05, 0) is 54.1 Å². The van der Waals surface area contributed by atoms with Crippen LogP contribution in [0, 0.1) is 0 Å². The van der Waals surface area contributed by atoms with Gasteiger partial charge in [0.05, 0.1) is 23.9 Å². The first-order valence-electron chi connectivity index (χ1n) is 9.31. The first kappa shape index (κ1) is 23.1. The Morgan fingerprint density at radius 1 is 0.969 bits per heavy atom. The lowest BCUT2D eigenvalue weighted by Crippen LogP contribution is -2.24. The summed E-state index contributed by atoms with van der Waals surface area (Å²) in [5, 5.41) is 4.65. The van der Waals surface area contributed by atoms with E-state index < -0.39 is 11.9 Å². The van der Waals surface area contributed by atoms with E-state index in [2.05, 4.69) is 10.5 Å². The highest BCUT2D eigenvalue weighted by Gasteiger charge is 2.12. The lowest BCUT2D eigenvalue weighted by molar-refractivity contribution is -0.123. The number of halogens is 2. The minimum absolute atomic E-state index is 0.260. The van der Waals surface area contributed by atoms with Crippen molar-refractivity contribution in [1.29, 1.82) is 0 Å². The van der Waals surface area contributed by atoms with E-state index in [-0.39, 0.29) is 12.4 Å². The van der Waals surface area contributed by atoms with Crippen LogP contribution < -0.4 is 19.6 Å². The van der Waals surface area contributed by atoms with E-state index in [1.165, 1.54) is 19.4 Å². The van der Waals surface area contributed by atoms with Gasteiger partial charge in [-0.15, -0.1) is 0 Å². The molecule has 0 aliphatic rings. The topological polar surface area (TPSA) is 86.2 Å². The number of hydrogen-bond donors (Lipinski definition) is 1. The van der Waals surface area contributed by atoms with Gasteiger partial charge in [-0.1, -0.05) is 41.4 Å². The molecule has 0 unspecified atom stereocenters. The van der Waals surface area contributed by atoms with Gasteiger partial charge >= 0.3 is 5.97 Å². The molecule has 1 N–H and O–H groups in total. The second-order valence-corrected chi connectivity index (χ2v) is 7.17. The third-order valence-electron chi connectivity index (χ3n) is 4.06. The molecule has 7 nitrogen and oxygen atoms in total. The van der Waals surface area contributed by atoms with Gasteiger partial charge in [0.25, 0.3) is 5.91 Å². The molecule has 164 valence electrons. The summed E-state index contributed by atoms with van der Waals surface area (Å²) in [6.07, 6.45) is 1.42. The molecule has 0 saturated carbocycles. The zero-order valence-electron chi connectivity index (χ0n) is 16.9. The van der Waals surface area contributed by atoms with Crippen molar-refractivity contribution in [1.82, 2.24) is 5.43 Å². The largest absolute Gasteiger partial charge is 0.493 e. The quantitative estimate of drug-likeness (QED) is 0.221. The number of amides is 1. The second kappa shape index (κ2) is 11.2. The molecule has 0 spiro atoms. The summed E-state index contributed by atoms with van der Waals surface area (Å²) in [5.74, 6) is -0.0485. The standard InChI is InChI=1S/C23H18Cl2N2O5/c1-30-21-11-15(7-9-20(21)32-23(29)16-5-3-2-4-6-16)13-26-27-22(28)14-31-19-10-8-17(24)12-18(19)25/h2-13H,14H2,1H3,(H,27,28)/b26-13+. The maximum absolute atomic E-state index is 12.2. The molecule has 9 heteroatoms. The molecule has 3 rings (SSSR count). The normalized spacial score (nSPS) is 10.6. The molecule has 0 heterocycles. The van der Waals surface area contributed by atoms with Crippen molar-refractivity contribution in [2.75, 3.05) is 13.7 Å². The molecule has 3 aromatic rings. The average molecular weight is 473 g/mol. The molecular formula is C23H18Cl2N2O5. The first-order chi connectivity index (χ1) is 15.5. The zero-order valence-corrected chi connectivity index (χ0v) is 18.4. The van der Waals surface area contributed by atoms with Gasteiger partial charge in [0, 0.05) is 5.02 Å². The summed E-state index contributed by atoms with van der Waals surface area (Å²) in [6, 6.07) is 18.2. The van der Waals surface area contributed by atoms with E-state index >= 15 is 0 Å². The van der Waals surface area contributed by atoms with E-state index in [0.717, 1.165) is 0 Å². The summed E-state index contributed by atoms with van der Waals surface area (Å²) >= 11 is 11.8. The fraction of sp³-hybridized carbons (Fsp3) is 0.0870. The Balaban J connectivity index is 1.56. The predicted octanol–water partition coefficient (Wildman–Crippen LogP) is 4.75. The number of carbonyl (C=O) groups is 2. The van der Waals surface area contributed by atoms with Crippen LogP contribution in [-0.4, -0.2) is 31.8 Å². The van der Waals surface area contributed by atoms with Crippen LogP contribution in [0.2, 0.25) is 10.0 Å². The Labute approximate surface area is 194 Å². The number of methoxy groups -OCH3 is 1. The van der Waals surface area contributed by atoms with Crippen LogP contribution in [0.15, 0.2) is 71.8 Å². The number of nitrogens with zero attached hydrogens (tertiary/aromatic N) is 1. The fourth-order valence-electron chi connectivity index (χ4n) is 2.53. The summed E-state index contributed by atoms with van der Waals surface area (Å²) in [7, 11) is 1.46. The van der Waals surface area contributed by atoms with Gasteiger partial charge in [0.2, 0.25) is 0 Å². The van der Waals surface area contributed by atoms with Gasteiger partial charge in [0.1, 0.15) is 5.75 Å². The molecule has 3 aromatic carbocycles. The van der Waals surface area contributed by atoms with Gasteiger partial charge in [0.15, 0.2) is 18.1 Å². The van der Waals surface area contributed by atoms with Crippen molar-refractivity contribution >= 4 is 41.3 Å². The van der Waals surface area contributed by atoms with Crippen molar-refractivity contribution in [2.24, 2.45) is 5.10 Å². The molecule has 0 atom stereocenters. The second-order valence-electron chi connectivity index (χ2n) is 6.32. The number of rotatable bonds is 8. The highest BCUT2D eigenvalue weighted by atomic mass is 35.5. The number of esters is 1. The molecular weight excluding hydrogens is 455 g/mol. The van der Waals surface area contributed by atoms with Crippen LogP contribution in [0.1, 0.15) is 15.9 Å². The van der Waals surface area contributed by atoms with Crippen LogP contribution in [0.3, 0.4) is 0 Å². The van der Waals surface area contributed by atoms with Crippen LogP contribution in [0.5, 0.6) is 17.2 Å². The lowest BCUT2D eigenvalue weighted by atomic mass is 10.2. The Hall–Kier alpha value is -3.55. The Morgan fingerprint density at radius 2 is 1.72 bits per heavy atom. The maximum Gasteiger partial charge on any atom is 0.343 e. The summed E-state index contributed by atoms with van der Waals surface area (Å²) in [5.41, 5.74) is 3.38. The van der Waals surface area contributed by atoms with E-state index in [9.17, 15) is 9.59 Å². The minimum Gasteiger partial charge on any atom is -0.493 e. The fourth-order valence-corrected chi connectivity index (χ4v) is 2.99. The van der Waals surface area contributed by atoms with Crippen LogP contribution in [-0.2, 0) is 4.79 Å². The molecule has 32 heavy (non-hydrogen) atoms. The smallest absolute Gasteiger partial charge is 0.343 e. The van der Waals surface area contributed by atoms with Gasteiger partial charge in [-0.25, -0.2) is 10.2 Å². The Bertz CT molecular complexity index is 1140. The summed E-state index contributed by atoms with van der Waals surface area (Å²) in [4.78, 5) is 24.2. The van der Waals surface area contributed by atoms with Crippen molar-refractivity contribution in [3.8, 4) is 17.2 Å². The lowest BCUT2D eigenvalue weighted by Gasteiger charge is -2.10. The molecule has 0 aromatic heterocycles. The van der Waals surface area contributed by atoms with Gasteiger partial charge in [-0.3, -0.25) is 4.79 Å². The van der Waals surface area contributed by atoms with Gasteiger partial charge in [-0.2, -0.15) is 5.10 Å². The predicted molar refractivity (Wildman–Crippen MR) is 122 cm³/mol. The third-order valence-corrected chi connectivity index (χ3v) is 4.59. The molecule has 0 bridgehead atoms. The molecule has 0 aliphatic heterocycles. The van der Waals surface area contributed by atoms with E-state index in [1.54, 1.807) is 54.6 Å². The highest BCUT2D eigenvalue weighted by Crippen LogP contribution is 2.29. The number of carbonyl (C=O) groups excluding carboxylic acids is 2. The SMILES string of the molecule is COc1cc(/C=N/NC(=O)COc2ccc(Cl)cc2Cl)ccc1OC(=O)c1ccccc1. The number of benzene rings is 3. The van der Waals surface area contributed by atoms with Gasteiger partial charge < -0.3 is 14.2 Å². The number of nitrogens with one attached hydrogen (secondary N) is 1. The van der Waals surface area contributed by atoms with Crippen LogP contribution >= 0.6 is 23.2 Å². The summed E-state index contributed by atoms with van der Waals surface area (Å²) < 4.78 is 16.0. The van der Waals surface area contributed by atoms with Crippen molar-refractivity contribution in [3.05, 3.63) is 87.9 Å². The van der Waals surface area contributed by atoms with E-state index in [0.29, 0.717) is 32.7 Å². The molecule has 0 saturated heterocycles. The molecule has 0 radical (unpaired) electrons. The zero-order chi connectivity index (χ0) is 22.9. The van der Waals surface area contributed by atoms with E-state index in [4.69, 9.17) is 37.4 Å².